The predicted molar refractivity (Wildman–Crippen MR) is 76.7 cm³/mol. The number of hydrogen-bond acceptors (Lipinski definition) is 7. The topological polar surface area (TPSA) is 124 Å². The van der Waals surface area contributed by atoms with Gasteiger partial charge in [-0.15, -0.1) is 22.6 Å². The molecular weight excluding hydrogens is 309 g/mol. The minimum absolute atomic E-state index is 0. The van der Waals surface area contributed by atoms with Crippen molar-refractivity contribution < 1.29 is 4.92 Å². The van der Waals surface area contributed by atoms with E-state index in [1.165, 1.54) is 24.7 Å². The first-order valence-corrected chi connectivity index (χ1v) is 5.34. The fourth-order valence-electron chi connectivity index (χ4n) is 1.24. The summed E-state index contributed by atoms with van der Waals surface area (Å²) in [6, 6.07) is 4.32. The molecule has 0 saturated carbocycles. The highest BCUT2D eigenvalue weighted by Crippen LogP contribution is 2.24. The van der Waals surface area contributed by atoms with Crippen molar-refractivity contribution in [3.8, 4) is 0 Å². The van der Waals surface area contributed by atoms with Crippen molar-refractivity contribution in [1.29, 1.82) is 0 Å². The molecule has 0 aliphatic heterocycles. The highest BCUT2D eigenvalue weighted by atomic mass is 35.5. The van der Waals surface area contributed by atoms with Crippen LogP contribution in [0.4, 0.5) is 11.6 Å². The van der Waals surface area contributed by atoms with Crippen LogP contribution >= 0.6 is 24.0 Å². The normalized spacial score (nSPS) is 10.2. The minimum atomic E-state index is -0.566. The molecule has 1 heterocycles. The van der Waals surface area contributed by atoms with Crippen LogP contribution in [0.25, 0.3) is 0 Å². The van der Waals surface area contributed by atoms with E-state index in [9.17, 15) is 10.1 Å². The molecule has 0 radical (unpaired) electrons. The molecule has 106 valence electrons. The predicted octanol–water partition coefficient (Wildman–Crippen LogP) is 1.42. The van der Waals surface area contributed by atoms with E-state index < -0.39 is 4.92 Å². The van der Waals surface area contributed by atoms with Gasteiger partial charge in [0.2, 0.25) is 0 Å². The molecule has 2 rings (SSSR count). The van der Waals surface area contributed by atoms with Crippen LogP contribution in [0.1, 0.15) is 5.56 Å². The maximum atomic E-state index is 10.7. The number of nitrogens with one attached hydrogen (secondary N) is 1. The lowest BCUT2D eigenvalue weighted by atomic mass is 10.2. The van der Waals surface area contributed by atoms with Gasteiger partial charge in [-0.05, 0) is 6.07 Å². The molecule has 0 aliphatic carbocycles. The van der Waals surface area contributed by atoms with Crippen molar-refractivity contribution in [2.45, 2.75) is 0 Å². The number of nitrogens with two attached hydrogens (primary N) is 1. The Morgan fingerprint density at radius 2 is 2.30 bits per heavy atom. The van der Waals surface area contributed by atoms with Crippen LogP contribution in [0.2, 0.25) is 5.02 Å². The first-order valence-electron chi connectivity index (χ1n) is 4.96. The number of nitro benzene ring substituents is 1. The third kappa shape index (κ3) is 3.56. The largest absolute Gasteiger partial charge is 0.335 e. The molecule has 0 atom stereocenters. The quantitative estimate of drug-likeness (QED) is 0.380. The molecule has 0 aliphatic rings. The average molecular weight is 318 g/mol. The molecule has 0 spiro atoms. The summed E-state index contributed by atoms with van der Waals surface area (Å²) in [4.78, 5) is 10.1. The maximum absolute atomic E-state index is 10.7. The summed E-state index contributed by atoms with van der Waals surface area (Å²) in [6.45, 7) is 0. The van der Waals surface area contributed by atoms with Crippen molar-refractivity contribution in [2.24, 2.45) is 5.10 Å². The van der Waals surface area contributed by atoms with Gasteiger partial charge in [-0.25, -0.2) is 10.1 Å². The number of benzene rings is 1. The first-order chi connectivity index (χ1) is 9.08. The summed E-state index contributed by atoms with van der Waals surface area (Å²) in [5.74, 6) is 5.69. The van der Waals surface area contributed by atoms with E-state index in [1.807, 2.05) is 0 Å². The van der Waals surface area contributed by atoms with E-state index in [2.05, 4.69) is 20.7 Å². The number of rotatable bonds is 4. The number of hydrazone groups is 1. The average Bonchev–Trinajstić information content (AvgIpc) is 2.77. The summed E-state index contributed by atoms with van der Waals surface area (Å²) >= 11 is 5.69. The van der Waals surface area contributed by atoms with E-state index in [0.29, 0.717) is 5.56 Å². The van der Waals surface area contributed by atoms with Crippen LogP contribution in [0, 0.1) is 10.1 Å². The van der Waals surface area contributed by atoms with Crippen LogP contribution < -0.4 is 11.3 Å². The van der Waals surface area contributed by atoms with Crippen molar-refractivity contribution in [1.82, 2.24) is 14.9 Å². The summed E-state index contributed by atoms with van der Waals surface area (Å²) in [5.41, 5.74) is 2.85. The van der Waals surface area contributed by atoms with E-state index in [-0.39, 0.29) is 29.1 Å². The summed E-state index contributed by atoms with van der Waals surface area (Å²) in [7, 11) is 0. The zero-order valence-electron chi connectivity index (χ0n) is 9.80. The minimum Gasteiger partial charge on any atom is -0.335 e. The van der Waals surface area contributed by atoms with Gasteiger partial charge in [0, 0.05) is 11.6 Å². The van der Waals surface area contributed by atoms with Crippen molar-refractivity contribution in [3.05, 3.63) is 45.2 Å². The van der Waals surface area contributed by atoms with Gasteiger partial charge in [-0.3, -0.25) is 10.1 Å². The number of anilines is 1. The Hall–Kier alpha value is -2.39. The van der Waals surface area contributed by atoms with E-state index in [4.69, 9.17) is 17.4 Å². The number of nitro groups is 1. The van der Waals surface area contributed by atoms with E-state index >= 15 is 0 Å². The van der Waals surface area contributed by atoms with Crippen molar-refractivity contribution in [2.75, 3.05) is 11.3 Å². The standard InChI is InChI=1S/C9H8ClN7O2.ClH/c10-7-2-1-6(3-8(7)17(18)19)4-12-14-9-15-13-5-16(9)11;/h1-5H,11H2,(H,14,15);1H/b12-4+;. The van der Waals surface area contributed by atoms with Gasteiger partial charge in [-0.2, -0.15) is 5.10 Å². The Bertz CT molecular complexity index is 643. The SMILES string of the molecule is Cl.Nn1cnnc1N/N=C/c1ccc(Cl)c([N+](=O)[O-])c1. The third-order valence-electron chi connectivity index (χ3n) is 2.12. The molecular formula is C9H9Cl2N7O2. The highest BCUT2D eigenvalue weighted by Gasteiger charge is 2.11. The van der Waals surface area contributed by atoms with Crippen LogP contribution in [0.15, 0.2) is 29.6 Å². The van der Waals surface area contributed by atoms with Crippen LogP contribution in [0.5, 0.6) is 0 Å². The molecule has 9 nitrogen and oxygen atoms in total. The second-order valence-electron chi connectivity index (χ2n) is 3.40. The number of hydrogen-bond donors (Lipinski definition) is 2. The molecule has 3 N–H and O–H groups in total. The van der Waals surface area contributed by atoms with Gasteiger partial charge in [0.05, 0.1) is 11.1 Å². The van der Waals surface area contributed by atoms with Crippen molar-refractivity contribution >= 4 is 41.9 Å². The van der Waals surface area contributed by atoms with E-state index in [0.717, 1.165) is 4.68 Å². The molecule has 0 amide bonds. The second-order valence-corrected chi connectivity index (χ2v) is 3.81. The number of nitrogen functional groups attached to an aromatic ring is 1. The zero-order valence-corrected chi connectivity index (χ0v) is 11.4. The number of aromatic nitrogens is 3. The number of nitrogens with zero attached hydrogens (tertiary/aromatic N) is 5. The Kier molecular flexibility index (Phi) is 5.23. The van der Waals surface area contributed by atoms with Gasteiger partial charge >= 0.3 is 0 Å². The maximum Gasteiger partial charge on any atom is 0.288 e. The van der Waals surface area contributed by atoms with Crippen molar-refractivity contribution in [3.63, 3.8) is 0 Å². The lowest BCUT2D eigenvalue weighted by molar-refractivity contribution is -0.384. The van der Waals surface area contributed by atoms with Gasteiger partial charge in [0.15, 0.2) is 0 Å². The summed E-state index contributed by atoms with van der Waals surface area (Å²) in [5, 5.41) is 21.8. The Morgan fingerprint density at radius 3 is 2.90 bits per heavy atom. The Balaban J connectivity index is 0.00000200. The van der Waals surface area contributed by atoms with Crippen LogP contribution in [0.3, 0.4) is 0 Å². The zero-order chi connectivity index (χ0) is 13.8. The summed E-state index contributed by atoms with van der Waals surface area (Å²) in [6.07, 6.45) is 2.67. The van der Waals surface area contributed by atoms with Crippen LogP contribution in [-0.2, 0) is 0 Å². The van der Waals surface area contributed by atoms with Crippen LogP contribution in [-0.4, -0.2) is 26.0 Å². The van der Waals surface area contributed by atoms with Gasteiger partial charge in [0.25, 0.3) is 11.6 Å². The number of halogens is 2. The molecule has 1 aromatic carbocycles. The second kappa shape index (κ2) is 6.68. The molecule has 1 aromatic heterocycles. The molecule has 0 unspecified atom stereocenters. The smallest absolute Gasteiger partial charge is 0.288 e. The lowest BCUT2D eigenvalue weighted by Gasteiger charge is -1.98. The van der Waals surface area contributed by atoms with Gasteiger partial charge in [-0.1, -0.05) is 17.7 Å². The first kappa shape index (κ1) is 15.7. The Morgan fingerprint density at radius 1 is 1.55 bits per heavy atom. The van der Waals surface area contributed by atoms with E-state index in [1.54, 1.807) is 6.07 Å². The molecule has 20 heavy (non-hydrogen) atoms. The molecule has 0 saturated heterocycles. The molecule has 2 aromatic rings. The summed E-state index contributed by atoms with van der Waals surface area (Å²) < 4.78 is 1.14. The monoisotopic (exact) mass is 317 g/mol. The van der Waals surface area contributed by atoms with Gasteiger partial charge in [0.1, 0.15) is 11.3 Å². The molecule has 11 heteroatoms. The lowest BCUT2D eigenvalue weighted by Crippen LogP contribution is -2.10. The van der Waals surface area contributed by atoms with Gasteiger partial charge < -0.3 is 5.84 Å². The molecule has 0 fully saturated rings. The Labute approximate surface area is 124 Å². The molecule has 0 bridgehead atoms. The fourth-order valence-corrected chi connectivity index (χ4v) is 1.42. The fraction of sp³-hybridized carbons (Fsp3) is 0. The third-order valence-corrected chi connectivity index (χ3v) is 2.44. The highest BCUT2D eigenvalue weighted by molar-refractivity contribution is 6.32.